The maximum Gasteiger partial charge on any atom is 0.220 e. The van der Waals surface area contributed by atoms with E-state index in [-0.39, 0.29) is 5.91 Å². The molecule has 0 aliphatic carbocycles. The first kappa shape index (κ1) is 12.6. The number of hydrogen-bond acceptors (Lipinski definition) is 2. The van der Waals surface area contributed by atoms with E-state index in [0.717, 1.165) is 11.3 Å². The topological polar surface area (TPSA) is 57.8 Å². The van der Waals surface area contributed by atoms with Crippen LogP contribution in [0.2, 0.25) is 5.02 Å². The highest BCUT2D eigenvalue weighted by molar-refractivity contribution is 6.30. The van der Waals surface area contributed by atoms with E-state index in [1.165, 1.54) is 0 Å². The SMILES string of the molecule is O=C(CCc1cnc[nH]1)NCc1ccc(Cl)cc1. The molecule has 2 N–H and O–H groups in total. The number of aryl methyl sites for hydroxylation is 1. The van der Waals surface area contributed by atoms with Crippen LogP contribution in [0.25, 0.3) is 0 Å². The molecule has 0 saturated carbocycles. The van der Waals surface area contributed by atoms with Gasteiger partial charge in [0.25, 0.3) is 0 Å². The summed E-state index contributed by atoms with van der Waals surface area (Å²) < 4.78 is 0. The molecular formula is C13H14ClN3O. The molecule has 0 unspecified atom stereocenters. The number of carbonyl (C=O) groups is 1. The van der Waals surface area contributed by atoms with Gasteiger partial charge in [0, 0.05) is 29.9 Å². The number of nitrogens with zero attached hydrogens (tertiary/aromatic N) is 1. The Kier molecular flexibility index (Phi) is 4.36. The molecule has 2 rings (SSSR count). The average Bonchev–Trinajstić information content (AvgIpc) is 2.89. The quantitative estimate of drug-likeness (QED) is 0.870. The highest BCUT2D eigenvalue weighted by Crippen LogP contribution is 2.09. The van der Waals surface area contributed by atoms with Gasteiger partial charge < -0.3 is 10.3 Å². The molecule has 0 atom stereocenters. The molecule has 94 valence electrons. The lowest BCUT2D eigenvalue weighted by atomic mass is 10.2. The number of nitrogens with one attached hydrogen (secondary N) is 2. The van der Waals surface area contributed by atoms with Crippen molar-refractivity contribution < 1.29 is 4.79 Å². The Bertz CT molecular complexity index is 493. The summed E-state index contributed by atoms with van der Waals surface area (Å²) >= 11 is 5.78. The molecular weight excluding hydrogens is 250 g/mol. The van der Waals surface area contributed by atoms with Crippen LogP contribution in [-0.4, -0.2) is 15.9 Å². The van der Waals surface area contributed by atoms with E-state index in [1.807, 2.05) is 24.3 Å². The van der Waals surface area contributed by atoms with Gasteiger partial charge in [-0.25, -0.2) is 4.98 Å². The molecule has 0 saturated heterocycles. The summed E-state index contributed by atoms with van der Waals surface area (Å²) in [5, 5.41) is 3.56. The summed E-state index contributed by atoms with van der Waals surface area (Å²) in [5.74, 6) is 0.0274. The molecule has 4 nitrogen and oxygen atoms in total. The molecule has 2 aromatic rings. The van der Waals surface area contributed by atoms with Crippen LogP contribution in [0, 0.1) is 0 Å². The fraction of sp³-hybridized carbons (Fsp3) is 0.231. The number of hydrogen-bond donors (Lipinski definition) is 2. The molecule has 5 heteroatoms. The third kappa shape index (κ3) is 3.89. The summed E-state index contributed by atoms with van der Waals surface area (Å²) in [6, 6.07) is 7.43. The number of H-pyrrole nitrogens is 1. The third-order valence-electron chi connectivity index (χ3n) is 2.58. The zero-order valence-corrected chi connectivity index (χ0v) is 10.6. The van der Waals surface area contributed by atoms with Crippen molar-refractivity contribution in [2.24, 2.45) is 0 Å². The number of aromatic amines is 1. The van der Waals surface area contributed by atoms with Crippen LogP contribution in [0.3, 0.4) is 0 Å². The van der Waals surface area contributed by atoms with E-state index in [9.17, 15) is 4.79 Å². The number of rotatable bonds is 5. The zero-order chi connectivity index (χ0) is 12.8. The highest BCUT2D eigenvalue weighted by Gasteiger charge is 2.03. The first-order valence-electron chi connectivity index (χ1n) is 5.72. The van der Waals surface area contributed by atoms with Crippen molar-refractivity contribution in [3.8, 4) is 0 Å². The van der Waals surface area contributed by atoms with Crippen molar-refractivity contribution in [3.63, 3.8) is 0 Å². The van der Waals surface area contributed by atoms with Gasteiger partial charge in [0.05, 0.1) is 6.33 Å². The molecule has 0 aliphatic rings. The minimum absolute atomic E-state index is 0.0274. The lowest BCUT2D eigenvalue weighted by Crippen LogP contribution is -2.22. The summed E-state index contributed by atoms with van der Waals surface area (Å²) in [7, 11) is 0. The molecule has 0 radical (unpaired) electrons. The van der Waals surface area contributed by atoms with E-state index in [1.54, 1.807) is 12.5 Å². The van der Waals surface area contributed by atoms with Crippen molar-refractivity contribution in [1.29, 1.82) is 0 Å². The standard InChI is InChI=1S/C13H14ClN3O/c14-11-3-1-10(2-4-11)7-16-13(18)6-5-12-8-15-9-17-12/h1-4,8-9H,5-7H2,(H,15,17)(H,16,18). The van der Waals surface area contributed by atoms with Gasteiger partial charge in [-0.05, 0) is 24.1 Å². The maximum atomic E-state index is 11.6. The van der Waals surface area contributed by atoms with Crippen LogP contribution in [0.15, 0.2) is 36.8 Å². The Morgan fingerprint density at radius 3 is 2.78 bits per heavy atom. The molecule has 1 heterocycles. The lowest BCUT2D eigenvalue weighted by Gasteiger charge is -2.05. The fourth-order valence-electron chi connectivity index (χ4n) is 1.56. The molecule has 0 fully saturated rings. The Morgan fingerprint density at radius 1 is 1.33 bits per heavy atom. The molecule has 0 spiro atoms. The van der Waals surface area contributed by atoms with E-state index >= 15 is 0 Å². The zero-order valence-electron chi connectivity index (χ0n) is 9.82. The molecule has 18 heavy (non-hydrogen) atoms. The summed E-state index contributed by atoms with van der Waals surface area (Å²) in [6.07, 6.45) is 4.47. The summed E-state index contributed by atoms with van der Waals surface area (Å²) in [4.78, 5) is 18.5. The minimum Gasteiger partial charge on any atom is -0.352 e. The highest BCUT2D eigenvalue weighted by atomic mass is 35.5. The van der Waals surface area contributed by atoms with Gasteiger partial charge in [-0.2, -0.15) is 0 Å². The largest absolute Gasteiger partial charge is 0.352 e. The second-order valence-corrected chi connectivity index (χ2v) is 4.42. The van der Waals surface area contributed by atoms with Crippen molar-refractivity contribution in [2.75, 3.05) is 0 Å². The molecule has 1 aromatic carbocycles. The van der Waals surface area contributed by atoms with Gasteiger partial charge in [-0.15, -0.1) is 0 Å². The number of halogens is 1. The number of carbonyl (C=O) groups excluding carboxylic acids is 1. The van der Waals surface area contributed by atoms with Gasteiger partial charge in [0.2, 0.25) is 5.91 Å². The average molecular weight is 264 g/mol. The van der Waals surface area contributed by atoms with Crippen LogP contribution in [0.4, 0.5) is 0 Å². The van der Waals surface area contributed by atoms with Crippen molar-refractivity contribution >= 4 is 17.5 Å². The monoisotopic (exact) mass is 263 g/mol. The molecule has 0 bridgehead atoms. The van der Waals surface area contributed by atoms with Crippen LogP contribution < -0.4 is 5.32 Å². The van der Waals surface area contributed by atoms with Gasteiger partial charge in [0.15, 0.2) is 0 Å². The first-order valence-corrected chi connectivity index (χ1v) is 6.10. The fourth-order valence-corrected chi connectivity index (χ4v) is 1.69. The second kappa shape index (κ2) is 6.21. The number of amides is 1. The van der Waals surface area contributed by atoms with Crippen LogP contribution in [0.5, 0.6) is 0 Å². The van der Waals surface area contributed by atoms with Crippen molar-refractivity contribution in [3.05, 3.63) is 53.1 Å². The van der Waals surface area contributed by atoms with Crippen molar-refractivity contribution in [2.45, 2.75) is 19.4 Å². The van der Waals surface area contributed by atoms with Crippen LogP contribution in [0.1, 0.15) is 17.7 Å². The second-order valence-electron chi connectivity index (χ2n) is 3.98. The first-order chi connectivity index (χ1) is 8.74. The Balaban J connectivity index is 1.73. The van der Waals surface area contributed by atoms with Crippen molar-refractivity contribution in [1.82, 2.24) is 15.3 Å². The number of benzene rings is 1. The lowest BCUT2D eigenvalue weighted by molar-refractivity contribution is -0.121. The van der Waals surface area contributed by atoms with Gasteiger partial charge in [-0.3, -0.25) is 4.79 Å². The van der Waals surface area contributed by atoms with E-state index in [2.05, 4.69) is 15.3 Å². The van der Waals surface area contributed by atoms with E-state index in [0.29, 0.717) is 24.4 Å². The van der Waals surface area contributed by atoms with Gasteiger partial charge in [-0.1, -0.05) is 23.7 Å². The van der Waals surface area contributed by atoms with Gasteiger partial charge in [0.1, 0.15) is 0 Å². The van der Waals surface area contributed by atoms with Gasteiger partial charge >= 0.3 is 0 Å². The Hall–Kier alpha value is -1.81. The smallest absolute Gasteiger partial charge is 0.220 e. The normalized spacial score (nSPS) is 10.3. The minimum atomic E-state index is 0.0274. The molecule has 0 aliphatic heterocycles. The predicted molar refractivity (Wildman–Crippen MR) is 70.2 cm³/mol. The van der Waals surface area contributed by atoms with Crippen LogP contribution >= 0.6 is 11.6 Å². The van der Waals surface area contributed by atoms with E-state index < -0.39 is 0 Å². The molecule has 1 aromatic heterocycles. The number of aromatic nitrogens is 2. The third-order valence-corrected chi connectivity index (χ3v) is 2.83. The number of imidazole rings is 1. The summed E-state index contributed by atoms with van der Waals surface area (Å²) in [6.45, 7) is 0.527. The van der Waals surface area contributed by atoms with Crippen LogP contribution in [-0.2, 0) is 17.8 Å². The summed E-state index contributed by atoms with van der Waals surface area (Å²) in [5.41, 5.74) is 2.01. The maximum absolute atomic E-state index is 11.6. The Morgan fingerprint density at radius 2 is 2.11 bits per heavy atom. The predicted octanol–water partition coefficient (Wildman–Crippen LogP) is 2.31. The Labute approximate surface area is 110 Å². The molecule has 1 amide bonds. The van der Waals surface area contributed by atoms with E-state index in [4.69, 9.17) is 11.6 Å².